The summed E-state index contributed by atoms with van der Waals surface area (Å²) in [5.41, 5.74) is 11.1. The van der Waals surface area contributed by atoms with Crippen molar-refractivity contribution < 1.29 is 14.3 Å². The van der Waals surface area contributed by atoms with Gasteiger partial charge in [-0.3, -0.25) is 10.1 Å². The smallest absolute Gasteiger partial charge is 0.412 e. The number of rotatable bonds is 2. The van der Waals surface area contributed by atoms with Crippen molar-refractivity contribution in [2.75, 3.05) is 11.1 Å². The summed E-state index contributed by atoms with van der Waals surface area (Å²) in [6.45, 7) is 5.24. The Balaban J connectivity index is 2.87. The Kier molecular flexibility index (Phi) is 3.80. The Morgan fingerprint density at radius 1 is 1.28 bits per heavy atom. The standard InChI is InChI=1S/C12H17N3O3/c1-12(2,3)18-11(17)15-9-6-7(10(14)16)4-5-8(9)13/h4-6H,13H2,1-3H3,(H2,14,16)(H,15,17). The molecule has 0 atom stereocenters. The van der Waals surface area contributed by atoms with E-state index in [0.717, 1.165) is 0 Å². The first-order valence-corrected chi connectivity index (χ1v) is 5.38. The van der Waals surface area contributed by atoms with Crippen LogP contribution in [-0.4, -0.2) is 17.6 Å². The molecule has 0 aliphatic carbocycles. The van der Waals surface area contributed by atoms with Crippen molar-refractivity contribution in [1.29, 1.82) is 0 Å². The van der Waals surface area contributed by atoms with E-state index in [-0.39, 0.29) is 5.56 Å². The van der Waals surface area contributed by atoms with E-state index >= 15 is 0 Å². The molecule has 0 radical (unpaired) electrons. The van der Waals surface area contributed by atoms with Gasteiger partial charge in [0.05, 0.1) is 11.4 Å². The van der Waals surface area contributed by atoms with E-state index in [1.54, 1.807) is 20.8 Å². The lowest BCUT2D eigenvalue weighted by Crippen LogP contribution is -2.27. The molecule has 0 aliphatic heterocycles. The Labute approximate surface area is 105 Å². The number of carbonyl (C=O) groups is 2. The van der Waals surface area contributed by atoms with Gasteiger partial charge in [-0.15, -0.1) is 0 Å². The Morgan fingerprint density at radius 2 is 1.89 bits per heavy atom. The van der Waals surface area contributed by atoms with E-state index in [1.165, 1.54) is 18.2 Å². The number of nitrogens with two attached hydrogens (primary N) is 2. The zero-order valence-electron chi connectivity index (χ0n) is 10.6. The first-order chi connectivity index (χ1) is 8.19. The summed E-state index contributed by atoms with van der Waals surface area (Å²) in [4.78, 5) is 22.6. The molecule has 1 aromatic carbocycles. The number of ether oxygens (including phenoxy) is 1. The second kappa shape index (κ2) is 4.95. The average molecular weight is 251 g/mol. The zero-order valence-corrected chi connectivity index (χ0v) is 10.6. The maximum atomic E-state index is 11.6. The number of anilines is 2. The van der Waals surface area contributed by atoms with Gasteiger partial charge in [0.2, 0.25) is 5.91 Å². The van der Waals surface area contributed by atoms with Crippen molar-refractivity contribution in [1.82, 2.24) is 0 Å². The highest BCUT2D eigenvalue weighted by Gasteiger charge is 2.17. The van der Waals surface area contributed by atoms with Gasteiger partial charge in [-0.05, 0) is 39.0 Å². The summed E-state index contributed by atoms with van der Waals surface area (Å²) in [5.74, 6) is -0.595. The SMILES string of the molecule is CC(C)(C)OC(=O)Nc1cc(C(N)=O)ccc1N. The highest BCUT2D eigenvalue weighted by molar-refractivity contribution is 5.97. The molecule has 0 fully saturated rings. The van der Waals surface area contributed by atoms with E-state index in [9.17, 15) is 9.59 Å². The van der Waals surface area contributed by atoms with Gasteiger partial charge in [0, 0.05) is 5.56 Å². The number of benzene rings is 1. The Bertz CT molecular complexity index is 478. The lowest BCUT2D eigenvalue weighted by molar-refractivity contribution is 0.0635. The minimum atomic E-state index is -0.643. The minimum absolute atomic E-state index is 0.259. The predicted octanol–water partition coefficient (Wildman–Crippen LogP) is 1.71. The summed E-state index contributed by atoms with van der Waals surface area (Å²) in [6.07, 6.45) is -0.643. The molecular weight excluding hydrogens is 234 g/mol. The largest absolute Gasteiger partial charge is 0.444 e. The Morgan fingerprint density at radius 3 is 2.39 bits per heavy atom. The fourth-order valence-corrected chi connectivity index (χ4v) is 1.23. The van der Waals surface area contributed by atoms with Gasteiger partial charge in [0.25, 0.3) is 0 Å². The van der Waals surface area contributed by atoms with Crippen LogP contribution < -0.4 is 16.8 Å². The predicted molar refractivity (Wildman–Crippen MR) is 69.2 cm³/mol. The van der Waals surface area contributed by atoms with Crippen LogP contribution in [-0.2, 0) is 4.74 Å². The Hall–Kier alpha value is -2.24. The second-order valence-corrected chi connectivity index (χ2v) is 4.79. The fraction of sp³-hybridized carbons (Fsp3) is 0.333. The molecule has 98 valence electrons. The van der Waals surface area contributed by atoms with Gasteiger partial charge in [0.15, 0.2) is 0 Å². The average Bonchev–Trinajstić information content (AvgIpc) is 2.18. The summed E-state index contributed by atoms with van der Waals surface area (Å²) in [7, 11) is 0. The van der Waals surface area contributed by atoms with Crippen LogP contribution in [0.25, 0.3) is 0 Å². The number of primary amides is 1. The van der Waals surface area contributed by atoms with E-state index in [1.807, 2.05) is 0 Å². The first kappa shape index (κ1) is 13.8. The molecule has 0 aromatic heterocycles. The summed E-state index contributed by atoms with van der Waals surface area (Å²) in [5, 5.41) is 2.47. The quantitative estimate of drug-likeness (QED) is 0.695. The monoisotopic (exact) mass is 251 g/mol. The van der Waals surface area contributed by atoms with E-state index in [0.29, 0.717) is 11.4 Å². The number of nitrogen functional groups attached to an aromatic ring is 1. The molecule has 6 heteroatoms. The molecule has 0 heterocycles. The van der Waals surface area contributed by atoms with Crippen molar-refractivity contribution in [3.63, 3.8) is 0 Å². The van der Waals surface area contributed by atoms with Crippen LogP contribution in [0, 0.1) is 0 Å². The van der Waals surface area contributed by atoms with Crippen molar-refractivity contribution in [2.24, 2.45) is 5.73 Å². The third-order valence-corrected chi connectivity index (χ3v) is 1.97. The number of hydrogen-bond donors (Lipinski definition) is 3. The van der Waals surface area contributed by atoms with Crippen LogP contribution in [0.1, 0.15) is 31.1 Å². The maximum Gasteiger partial charge on any atom is 0.412 e. The highest BCUT2D eigenvalue weighted by atomic mass is 16.6. The minimum Gasteiger partial charge on any atom is -0.444 e. The van der Waals surface area contributed by atoms with E-state index in [4.69, 9.17) is 16.2 Å². The molecule has 6 nitrogen and oxygen atoms in total. The normalized spacial score (nSPS) is 10.8. The summed E-state index contributed by atoms with van der Waals surface area (Å²) < 4.78 is 5.08. The van der Waals surface area contributed by atoms with Crippen LogP contribution in [0.2, 0.25) is 0 Å². The molecule has 0 bridgehead atoms. The third kappa shape index (κ3) is 3.97. The number of amides is 2. The van der Waals surface area contributed by atoms with Gasteiger partial charge in [0.1, 0.15) is 5.60 Å². The zero-order chi connectivity index (χ0) is 13.9. The van der Waals surface area contributed by atoms with Crippen molar-refractivity contribution in [3.8, 4) is 0 Å². The van der Waals surface area contributed by atoms with E-state index < -0.39 is 17.6 Å². The van der Waals surface area contributed by atoms with Gasteiger partial charge in [-0.1, -0.05) is 0 Å². The summed E-state index contributed by atoms with van der Waals surface area (Å²) >= 11 is 0. The van der Waals surface area contributed by atoms with Crippen molar-refractivity contribution in [2.45, 2.75) is 26.4 Å². The maximum absolute atomic E-state index is 11.6. The third-order valence-electron chi connectivity index (χ3n) is 1.97. The van der Waals surface area contributed by atoms with E-state index in [2.05, 4.69) is 5.32 Å². The summed E-state index contributed by atoms with van der Waals surface area (Å²) in [6, 6.07) is 4.38. The van der Waals surface area contributed by atoms with Crippen LogP contribution in [0.4, 0.5) is 16.2 Å². The number of carbonyl (C=O) groups excluding carboxylic acids is 2. The fourth-order valence-electron chi connectivity index (χ4n) is 1.23. The number of nitrogens with one attached hydrogen (secondary N) is 1. The lowest BCUT2D eigenvalue weighted by Gasteiger charge is -2.20. The second-order valence-electron chi connectivity index (χ2n) is 4.79. The molecule has 1 aromatic rings. The van der Waals surface area contributed by atoms with Crippen molar-refractivity contribution >= 4 is 23.4 Å². The molecule has 18 heavy (non-hydrogen) atoms. The first-order valence-electron chi connectivity index (χ1n) is 5.38. The van der Waals surface area contributed by atoms with Gasteiger partial charge in [-0.2, -0.15) is 0 Å². The highest BCUT2D eigenvalue weighted by Crippen LogP contribution is 2.21. The molecule has 1 rings (SSSR count). The molecular formula is C12H17N3O3. The molecule has 2 amide bonds. The van der Waals surface area contributed by atoms with Gasteiger partial charge >= 0.3 is 6.09 Å². The molecule has 0 aliphatic rings. The van der Waals surface area contributed by atoms with Gasteiger partial charge < -0.3 is 16.2 Å². The van der Waals surface area contributed by atoms with Crippen LogP contribution in [0.15, 0.2) is 18.2 Å². The topological polar surface area (TPSA) is 107 Å². The molecule has 5 N–H and O–H groups in total. The number of hydrogen-bond acceptors (Lipinski definition) is 4. The van der Waals surface area contributed by atoms with Crippen LogP contribution in [0.5, 0.6) is 0 Å². The lowest BCUT2D eigenvalue weighted by atomic mass is 10.1. The molecule has 0 spiro atoms. The van der Waals surface area contributed by atoms with Gasteiger partial charge in [-0.25, -0.2) is 4.79 Å². The molecule has 0 saturated carbocycles. The van der Waals surface area contributed by atoms with Crippen molar-refractivity contribution in [3.05, 3.63) is 23.8 Å². The molecule has 0 saturated heterocycles. The van der Waals surface area contributed by atoms with Crippen LogP contribution in [0.3, 0.4) is 0 Å². The van der Waals surface area contributed by atoms with Crippen LogP contribution >= 0.6 is 0 Å². The molecule has 0 unspecified atom stereocenters.